The maximum absolute atomic E-state index is 12.6. The molecule has 0 fully saturated rings. The van der Waals surface area contributed by atoms with E-state index in [0.717, 1.165) is 16.7 Å². The lowest BCUT2D eigenvalue weighted by molar-refractivity contribution is -0.249. The van der Waals surface area contributed by atoms with E-state index in [0.29, 0.717) is 16.5 Å². The van der Waals surface area contributed by atoms with E-state index in [1.807, 2.05) is 0 Å². The van der Waals surface area contributed by atoms with Gasteiger partial charge in [0.05, 0.1) is 16.8 Å². The molecule has 0 aliphatic carbocycles. The number of carbonyl (C=O) groups is 1. The normalized spacial score (nSPS) is 11.8. The van der Waals surface area contributed by atoms with E-state index in [2.05, 4.69) is 0 Å². The van der Waals surface area contributed by atoms with E-state index in [1.165, 1.54) is 12.1 Å². The Bertz CT molecular complexity index is 848. The van der Waals surface area contributed by atoms with E-state index >= 15 is 0 Å². The van der Waals surface area contributed by atoms with Crippen LogP contribution in [0.5, 0.6) is 0 Å². The van der Waals surface area contributed by atoms with E-state index in [1.54, 1.807) is 30.3 Å². The molecule has 1 heterocycles. The topological polar surface area (TPSA) is 45.1 Å². The molecule has 1 aromatic heterocycles. The fourth-order valence-corrected chi connectivity index (χ4v) is 2.39. The van der Waals surface area contributed by atoms with Crippen LogP contribution in [-0.4, -0.2) is 10.7 Å². The van der Waals surface area contributed by atoms with Gasteiger partial charge >= 0.3 is 6.18 Å². The molecule has 0 aliphatic rings. The van der Waals surface area contributed by atoms with Crippen molar-refractivity contribution in [3.63, 3.8) is 0 Å². The monoisotopic (exact) mass is 304 g/mol. The molecule has 0 saturated heterocycles. The van der Waals surface area contributed by atoms with Gasteiger partial charge in [-0.1, -0.05) is 30.3 Å². The van der Waals surface area contributed by atoms with Crippen LogP contribution in [0.1, 0.15) is 5.56 Å². The molecule has 0 unspecified atom stereocenters. The number of hydrogen-bond acceptors (Lipinski definition) is 2. The standard InChI is InChI=1S/C16H10F3NO2/c17-16(18,19)12-7-5-10(6-8-12)14-9-11-3-1-2-4-13(11)20(14)15(21)22/h1-9H,(H,21,22)/p-1. The van der Waals surface area contributed by atoms with Crippen LogP contribution in [0.15, 0.2) is 54.6 Å². The van der Waals surface area contributed by atoms with Crippen LogP contribution < -0.4 is 5.11 Å². The average Bonchev–Trinajstić information content (AvgIpc) is 2.86. The summed E-state index contributed by atoms with van der Waals surface area (Å²) in [5.41, 5.74) is 0.285. The van der Waals surface area contributed by atoms with Gasteiger partial charge in [0.2, 0.25) is 0 Å². The third-order valence-electron chi connectivity index (χ3n) is 3.40. The number of aromatic nitrogens is 1. The number of halogens is 3. The zero-order chi connectivity index (χ0) is 15.9. The highest BCUT2D eigenvalue weighted by Crippen LogP contribution is 2.32. The van der Waals surface area contributed by atoms with Crippen molar-refractivity contribution in [2.45, 2.75) is 6.18 Å². The van der Waals surface area contributed by atoms with Crippen LogP contribution in [0.25, 0.3) is 22.2 Å². The number of alkyl halides is 3. The zero-order valence-corrected chi connectivity index (χ0v) is 11.1. The largest absolute Gasteiger partial charge is 0.529 e. The van der Waals surface area contributed by atoms with Gasteiger partial charge in [-0.15, -0.1) is 0 Å². The predicted octanol–water partition coefficient (Wildman–Crippen LogP) is 3.52. The Morgan fingerprint density at radius 1 is 1.00 bits per heavy atom. The Kier molecular flexibility index (Phi) is 3.16. The molecule has 0 aliphatic heterocycles. The maximum Gasteiger partial charge on any atom is 0.416 e. The lowest BCUT2D eigenvalue weighted by Crippen LogP contribution is -2.29. The molecule has 0 bridgehead atoms. The third kappa shape index (κ3) is 2.32. The molecule has 0 spiro atoms. The second-order valence-corrected chi connectivity index (χ2v) is 4.76. The molecular formula is C16H9F3NO2-. The zero-order valence-electron chi connectivity index (χ0n) is 11.1. The highest BCUT2D eigenvalue weighted by atomic mass is 19.4. The summed E-state index contributed by atoms with van der Waals surface area (Å²) in [4.78, 5) is 11.4. The number of rotatable bonds is 1. The number of carboxylic acid groups (broad SMARTS) is 1. The van der Waals surface area contributed by atoms with E-state index < -0.39 is 17.8 Å². The summed E-state index contributed by atoms with van der Waals surface area (Å²) in [5, 5.41) is 12.0. The number of para-hydroxylation sites is 1. The van der Waals surface area contributed by atoms with Crippen molar-refractivity contribution in [3.05, 3.63) is 60.2 Å². The molecule has 0 radical (unpaired) electrons. The summed E-state index contributed by atoms with van der Waals surface area (Å²) >= 11 is 0. The van der Waals surface area contributed by atoms with Crippen LogP contribution in [0.3, 0.4) is 0 Å². The Labute approximate surface area is 123 Å². The third-order valence-corrected chi connectivity index (χ3v) is 3.40. The first-order chi connectivity index (χ1) is 10.4. The van der Waals surface area contributed by atoms with Gasteiger partial charge in [0.1, 0.15) is 6.09 Å². The molecular weight excluding hydrogens is 295 g/mol. The summed E-state index contributed by atoms with van der Waals surface area (Å²) in [6.07, 6.45) is -5.87. The van der Waals surface area contributed by atoms with E-state index in [4.69, 9.17) is 0 Å². The van der Waals surface area contributed by atoms with Gasteiger partial charge in [-0.05, 0) is 29.8 Å². The number of benzene rings is 2. The summed E-state index contributed by atoms with van der Waals surface area (Å²) in [6, 6.07) is 12.7. The van der Waals surface area contributed by atoms with E-state index in [-0.39, 0.29) is 5.69 Å². The molecule has 6 heteroatoms. The van der Waals surface area contributed by atoms with Crippen molar-refractivity contribution in [2.24, 2.45) is 0 Å². The Balaban J connectivity index is 2.18. The Morgan fingerprint density at radius 2 is 1.64 bits per heavy atom. The number of fused-ring (bicyclic) bond motifs is 1. The molecule has 3 aromatic rings. The van der Waals surface area contributed by atoms with Gasteiger partial charge < -0.3 is 9.90 Å². The smallest absolute Gasteiger partial charge is 0.416 e. The predicted molar refractivity (Wildman–Crippen MR) is 73.2 cm³/mol. The van der Waals surface area contributed by atoms with Gasteiger partial charge in [-0.3, -0.25) is 4.57 Å². The molecule has 0 amide bonds. The first kappa shape index (κ1) is 14.2. The minimum absolute atomic E-state index is 0.273. The molecule has 0 saturated carbocycles. The summed E-state index contributed by atoms with van der Waals surface area (Å²) in [7, 11) is 0. The molecule has 0 N–H and O–H groups in total. The molecule has 0 atom stereocenters. The fraction of sp³-hybridized carbons (Fsp3) is 0.0625. The van der Waals surface area contributed by atoms with Crippen molar-refractivity contribution >= 4 is 17.0 Å². The number of carbonyl (C=O) groups excluding carboxylic acids is 1. The van der Waals surface area contributed by atoms with Gasteiger partial charge in [0, 0.05) is 5.39 Å². The molecule has 112 valence electrons. The van der Waals surface area contributed by atoms with Crippen molar-refractivity contribution in [2.75, 3.05) is 0 Å². The summed E-state index contributed by atoms with van der Waals surface area (Å²) < 4.78 is 38.7. The highest BCUT2D eigenvalue weighted by molar-refractivity contribution is 5.95. The number of nitrogens with zero attached hydrogens (tertiary/aromatic N) is 1. The van der Waals surface area contributed by atoms with Gasteiger partial charge in [0.25, 0.3) is 0 Å². The van der Waals surface area contributed by atoms with Crippen LogP contribution in [0.2, 0.25) is 0 Å². The van der Waals surface area contributed by atoms with Gasteiger partial charge in [-0.2, -0.15) is 13.2 Å². The second-order valence-electron chi connectivity index (χ2n) is 4.76. The average molecular weight is 304 g/mol. The van der Waals surface area contributed by atoms with Crippen molar-refractivity contribution in [1.29, 1.82) is 0 Å². The van der Waals surface area contributed by atoms with Crippen LogP contribution >= 0.6 is 0 Å². The molecule has 22 heavy (non-hydrogen) atoms. The Morgan fingerprint density at radius 3 is 2.23 bits per heavy atom. The van der Waals surface area contributed by atoms with Crippen LogP contribution in [0, 0.1) is 0 Å². The first-order valence-electron chi connectivity index (χ1n) is 6.37. The summed E-state index contributed by atoms with van der Waals surface area (Å²) in [5.74, 6) is 0. The van der Waals surface area contributed by atoms with Gasteiger partial charge in [0.15, 0.2) is 0 Å². The number of hydrogen-bond donors (Lipinski definition) is 0. The van der Waals surface area contributed by atoms with Crippen LogP contribution in [0.4, 0.5) is 18.0 Å². The maximum atomic E-state index is 12.6. The first-order valence-corrected chi connectivity index (χ1v) is 6.37. The highest BCUT2D eigenvalue weighted by Gasteiger charge is 2.30. The lowest BCUT2D eigenvalue weighted by Gasteiger charge is -2.12. The lowest BCUT2D eigenvalue weighted by atomic mass is 10.1. The van der Waals surface area contributed by atoms with Gasteiger partial charge in [-0.25, -0.2) is 0 Å². The quantitative estimate of drug-likeness (QED) is 0.690. The summed E-state index contributed by atoms with van der Waals surface area (Å²) in [6.45, 7) is 0. The minimum Gasteiger partial charge on any atom is -0.529 e. The van der Waals surface area contributed by atoms with Crippen LogP contribution in [-0.2, 0) is 6.18 Å². The molecule has 3 nitrogen and oxygen atoms in total. The van der Waals surface area contributed by atoms with Crippen molar-refractivity contribution < 1.29 is 23.1 Å². The Hall–Kier alpha value is -2.76. The molecule has 3 rings (SSSR count). The van der Waals surface area contributed by atoms with Crippen molar-refractivity contribution in [3.8, 4) is 11.3 Å². The van der Waals surface area contributed by atoms with Crippen molar-refractivity contribution in [1.82, 2.24) is 4.57 Å². The SMILES string of the molecule is O=C([O-])n1c(-c2ccc(C(F)(F)F)cc2)cc2ccccc21. The second kappa shape index (κ2) is 4.91. The molecule has 2 aromatic carbocycles. The fourth-order valence-electron chi connectivity index (χ4n) is 2.39. The van der Waals surface area contributed by atoms with E-state index in [9.17, 15) is 23.1 Å². The minimum atomic E-state index is -4.43.